The molecule has 0 unspecified atom stereocenters. The molecule has 0 aromatic carbocycles. The Bertz CT molecular complexity index is 675. The molecule has 2 aromatic rings. The fourth-order valence-corrected chi connectivity index (χ4v) is 2.01. The number of hydrogen-bond acceptors (Lipinski definition) is 5. The van der Waals surface area contributed by atoms with E-state index in [4.69, 9.17) is 9.15 Å². The van der Waals surface area contributed by atoms with E-state index in [0.717, 1.165) is 18.4 Å². The van der Waals surface area contributed by atoms with Crippen molar-refractivity contribution in [3.8, 4) is 11.1 Å². The minimum absolute atomic E-state index is 0.0608. The van der Waals surface area contributed by atoms with Gasteiger partial charge in [-0.15, -0.1) is 0 Å². The van der Waals surface area contributed by atoms with Crippen LogP contribution in [0.4, 0.5) is 5.82 Å². The fourth-order valence-electron chi connectivity index (χ4n) is 2.01. The molecule has 3 rings (SSSR count). The van der Waals surface area contributed by atoms with Crippen LogP contribution in [-0.4, -0.2) is 24.0 Å². The molecule has 0 aliphatic heterocycles. The van der Waals surface area contributed by atoms with Crippen LogP contribution in [-0.2, 0) is 9.53 Å². The van der Waals surface area contributed by atoms with Crippen molar-refractivity contribution in [2.75, 3.05) is 12.4 Å². The molecule has 0 atom stereocenters. The van der Waals surface area contributed by atoms with Gasteiger partial charge in [-0.05, 0) is 31.0 Å². The van der Waals surface area contributed by atoms with Crippen LogP contribution in [0, 0.1) is 5.92 Å². The molecule has 1 saturated carbocycles. The summed E-state index contributed by atoms with van der Waals surface area (Å²) in [6.45, 7) is 0. The normalized spacial score (nSPS) is 13.8. The Balaban J connectivity index is 1.94. The molecule has 1 N–H and O–H groups in total. The zero-order valence-corrected chi connectivity index (χ0v) is 11.5. The number of methoxy groups -OCH3 is 1. The molecule has 0 bridgehead atoms. The van der Waals surface area contributed by atoms with E-state index in [2.05, 4.69) is 10.3 Å². The van der Waals surface area contributed by atoms with Gasteiger partial charge in [-0.1, -0.05) is 0 Å². The quantitative estimate of drug-likeness (QED) is 0.873. The molecule has 108 valence electrons. The second-order valence-corrected chi connectivity index (χ2v) is 4.86. The minimum atomic E-state index is -0.561. The lowest BCUT2D eigenvalue weighted by Gasteiger charge is -2.09. The second kappa shape index (κ2) is 5.40. The van der Waals surface area contributed by atoms with Crippen LogP contribution >= 0.6 is 0 Å². The third kappa shape index (κ3) is 2.79. The summed E-state index contributed by atoms with van der Waals surface area (Å²) in [6.07, 6.45) is 4.84. The number of pyridine rings is 1. The van der Waals surface area contributed by atoms with E-state index in [9.17, 15) is 9.59 Å². The smallest absolute Gasteiger partial charge is 0.357 e. The number of ether oxygens (including phenoxy) is 1. The number of rotatable bonds is 4. The first-order chi connectivity index (χ1) is 10.2. The van der Waals surface area contributed by atoms with E-state index < -0.39 is 5.97 Å². The van der Waals surface area contributed by atoms with Crippen LogP contribution in [0.3, 0.4) is 0 Å². The Kier molecular flexibility index (Phi) is 3.43. The monoisotopic (exact) mass is 286 g/mol. The van der Waals surface area contributed by atoms with Crippen LogP contribution < -0.4 is 5.32 Å². The predicted molar refractivity (Wildman–Crippen MR) is 74.6 cm³/mol. The number of hydrogen-bond donors (Lipinski definition) is 1. The van der Waals surface area contributed by atoms with Crippen LogP contribution in [0.2, 0.25) is 0 Å². The van der Waals surface area contributed by atoms with Crippen LogP contribution in [0.1, 0.15) is 23.3 Å². The van der Waals surface area contributed by atoms with Gasteiger partial charge in [-0.2, -0.15) is 0 Å². The summed E-state index contributed by atoms with van der Waals surface area (Å²) < 4.78 is 9.77. The number of nitrogens with one attached hydrogen (secondary N) is 1. The van der Waals surface area contributed by atoms with E-state index in [1.165, 1.54) is 19.6 Å². The highest BCUT2D eigenvalue weighted by Crippen LogP contribution is 2.30. The standard InChI is InChI=1S/C15H14N2O4/c1-20-15(19)13-11(10-6-7-21-8-10)4-5-12(16-13)17-14(18)9-2-3-9/h4-9H,2-3H2,1H3,(H,16,17,18). The second-order valence-electron chi connectivity index (χ2n) is 4.86. The number of amides is 1. The van der Waals surface area contributed by atoms with Crippen molar-refractivity contribution in [2.45, 2.75) is 12.8 Å². The van der Waals surface area contributed by atoms with E-state index in [0.29, 0.717) is 11.4 Å². The average molecular weight is 286 g/mol. The van der Waals surface area contributed by atoms with Gasteiger partial charge in [0.2, 0.25) is 5.91 Å². The van der Waals surface area contributed by atoms with Gasteiger partial charge in [-0.25, -0.2) is 9.78 Å². The highest BCUT2D eigenvalue weighted by atomic mass is 16.5. The summed E-state index contributed by atoms with van der Waals surface area (Å²) in [5.74, 6) is -0.204. The number of furan rings is 1. The van der Waals surface area contributed by atoms with Gasteiger partial charge in [-0.3, -0.25) is 4.79 Å². The van der Waals surface area contributed by atoms with E-state index in [1.54, 1.807) is 18.2 Å². The molecule has 2 aromatic heterocycles. The third-order valence-electron chi connectivity index (χ3n) is 3.31. The molecule has 1 fully saturated rings. The van der Waals surface area contributed by atoms with Gasteiger partial charge in [0.05, 0.1) is 19.6 Å². The first kappa shape index (κ1) is 13.4. The summed E-state index contributed by atoms with van der Waals surface area (Å²) in [7, 11) is 1.29. The first-order valence-electron chi connectivity index (χ1n) is 6.62. The zero-order chi connectivity index (χ0) is 14.8. The Morgan fingerprint density at radius 1 is 1.33 bits per heavy atom. The van der Waals surface area contributed by atoms with Gasteiger partial charge < -0.3 is 14.5 Å². The number of carbonyl (C=O) groups excluding carboxylic acids is 2. The lowest BCUT2D eigenvalue weighted by atomic mass is 10.1. The predicted octanol–water partition coefficient (Wildman–Crippen LogP) is 2.48. The molecule has 1 aliphatic carbocycles. The van der Waals surface area contributed by atoms with Crippen molar-refractivity contribution in [2.24, 2.45) is 5.92 Å². The number of nitrogens with zero attached hydrogens (tertiary/aromatic N) is 1. The molecule has 0 radical (unpaired) electrons. The number of anilines is 1. The van der Waals surface area contributed by atoms with Crippen molar-refractivity contribution < 1.29 is 18.7 Å². The molecule has 1 amide bonds. The van der Waals surface area contributed by atoms with Gasteiger partial charge in [0.15, 0.2) is 5.69 Å². The van der Waals surface area contributed by atoms with E-state index in [1.807, 2.05) is 0 Å². The lowest BCUT2D eigenvalue weighted by molar-refractivity contribution is -0.117. The number of esters is 1. The van der Waals surface area contributed by atoms with E-state index >= 15 is 0 Å². The maximum atomic E-state index is 11.9. The topological polar surface area (TPSA) is 81.4 Å². The Labute approximate surface area is 121 Å². The first-order valence-corrected chi connectivity index (χ1v) is 6.62. The Morgan fingerprint density at radius 3 is 2.76 bits per heavy atom. The Morgan fingerprint density at radius 2 is 2.14 bits per heavy atom. The summed E-state index contributed by atoms with van der Waals surface area (Å²) in [6, 6.07) is 5.10. The SMILES string of the molecule is COC(=O)c1nc(NC(=O)C2CC2)ccc1-c1ccoc1. The molecular formula is C15H14N2O4. The highest BCUT2D eigenvalue weighted by molar-refractivity contribution is 5.97. The molecule has 0 saturated heterocycles. The molecule has 1 aliphatic rings. The van der Waals surface area contributed by atoms with Gasteiger partial charge >= 0.3 is 5.97 Å². The average Bonchev–Trinajstić information content (AvgIpc) is 3.22. The van der Waals surface area contributed by atoms with Gasteiger partial charge in [0.1, 0.15) is 5.82 Å². The van der Waals surface area contributed by atoms with Crippen molar-refractivity contribution in [3.63, 3.8) is 0 Å². The van der Waals surface area contributed by atoms with Crippen LogP contribution in [0.25, 0.3) is 11.1 Å². The fraction of sp³-hybridized carbons (Fsp3) is 0.267. The van der Waals surface area contributed by atoms with Crippen LogP contribution in [0.15, 0.2) is 35.1 Å². The molecule has 21 heavy (non-hydrogen) atoms. The van der Waals surface area contributed by atoms with Crippen LogP contribution in [0.5, 0.6) is 0 Å². The van der Waals surface area contributed by atoms with Gasteiger partial charge in [0.25, 0.3) is 0 Å². The summed E-state index contributed by atoms with van der Waals surface area (Å²) in [5, 5.41) is 2.71. The number of aromatic nitrogens is 1. The Hall–Kier alpha value is -2.63. The molecular weight excluding hydrogens is 272 g/mol. The third-order valence-corrected chi connectivity index (χ3v) is 3.31. The van der Waals surface area contributed by atoms with Crippen molar-refractivity contribution >= 4 is 17.7 Å². The van der Waals surface area contributed by atoms with Crippen molar-refractivity contribution in [1.82, 2.24) is 4.98 Å². The van der Waals surface area contributed by atoms with Crippen molar-refractivity contribution in [1.29, 1.82) is 0 Å². The van der Waals surface area contributed by atoms with Crippen molar-refractivity contribution in [3.05, 3.63) is 36.4 Å². The highest BCUT2D eigenvalue weighted by Gasteiger charge is 2.30. The maximum absolute atomic E-state index is 11.9. The maximum Gasteiger partial charge on any atom is 0.357 e. The minimum Gasteiger partial charge on any atom is -0.472 e. The summed E-state index contributed by atoms with van der Waals surface area (Å²) in [4.78, 5) is 27.8. The molecule has 6 nitrogen and oxygen atoms in total. The molecule has 0 spiro atoms. The zero-order valence-electron chi connectivity index (χ0n) is 11.5. The molecule has 2 heterocycles. The summed E-state index contributed by atoms with van der Waals surface area (Å²) in [5.41, 5.74) is 1.47. The largest absolute Gasteiger partial charge is 0.472 e. The lowest BCUT2D eigenvalue weighted by Crippen LogP contribution is -2.16. The summed E-state index contributed by atoms with van der Waals surface area (Å²) >= 11 is 0. The molecule has 6 heteroatoms. The number of carbonyl (C=O) groups is 2. The van der Waals surface area contributed by atoms with E-state index in [-0.39, 0.29) is 17.5 Å². The van der Waals surface area contributed by atoms with Gasteiger partial charge in [0, 0.05) is 17.0 Å².